The zero-order chi connectivity index (χ0) is 29.0. The second-order valence-corrected chi connectivity index (χ2v) is 11.9. The fourth-order valence-corrected chi connectivity index (χ4v) is 5.81. The van der Waals surface area contributed by atoms with Gasteiger partial charge in [0.1, 0.15) is 11.5 Å². The van der Waals surface area contributed by atoms with Gasteiger partial charge in [-0.2, -0.15) is 0 Å². The minimum absolute atomic E-state index is 0.0953. The minimum Gasteiger partial charge on any atom is -0.493 e. The molecule has 0 radical (unpaired) electrons. The van der Waals surface area contributed by atoms with Crippen LogP contribution < -0.4 is 14.8 Å². The number of carbonyl (C=O) groups excluding carboxylic acids is 2. The number of nitrogens with zero attached hydrogens (tertiary/aromatic N) is 1. The van der Waals surface area contributed by atoms with Crippen molar-refractivity contribution in [3.8, 4) is 11.5 Å². The molecule has 0 bridgehead atoms. The quantitative estimate of drug-likeness (QED) is 0.178. The largest absolute Gasteiger partial charge is 0.493 e. The maximum Gasteiger partial charge on any atom is 0.289 e. The van der Waals surface area contributed by atoms with Crippen LogP contribution in [0, 0.1) is 0 Å². The van der Waals surface area contributed by atoms with E-state index in [1.807, 2.05) is 23.5 Å². The van der Waals surface area contributed by atoms with Crippen LogP contribution in [0.4, 0.5) is 9.18 Å². The summed E-state index contributed by atoms with van der Waals surface area (Å²) >= 11 is 0.331. The zero-order valence-electron chi connectivity index (χ0n) is 23.4. The monoisotopic (exact) mass is 576 g/mol. The standard InChI is InChI=1S/C32H33FN2O5S/c1-4-9-25-27(17-16-24-26(35-40-28(24)25)20-31(2,3)21-10-6-5-7-11-21)39-19-8-18-38-23-14-12-22(13-15-23)32(33)29(36)34-30(37)41-32/h5-7,10-17H,4,8-9,18-20H2,1-3H3,(H,34,36,37). The van der Waals surface area contributed by atoms with Crippen molar-refractivity contribution in [2.45, 2.75) is 56.9 Å². The number of aromatic nitrogens is 1. The van der Waals surface area contributed by atoms with Crippen molar-refractivity contribution in [2.24, 2.45) is 0 Å². The molecule has 2 heterocycles. The molecule has 1 aromatic heterocycles. The maximum absolute atomic E-state index is 14.9. The predicted octanol–water partition coefficient (Wildman–Crippen LogP) is 7.25. The first kappa shape index (κ1) is 28.7. The van der Waals surface area contributed by atoms with Crippen LogP contribution in [0.5, 0.6) is 11.5 Å². The molecule has 3 aromatic carbocycles. The molecule has 7 nitrogen and oxygen atoms in total. The number of hydrogen-bond acceptors (Lipinski definition) is 7. The average molecular weight is 577 g/mol. The Balaban J connectivity index is 1.19. The lowest BCUT2D eigenvalue weighted by Gasteiger charge is -2.24. The van der Waals surface area contributed by atoms with Gasteiger partial charge in [0, 0.05) is 29.4 Å². The molecule has 41 heavy (non-hydrogen) atoms. The summed E-state index contributed by atoms with van der Waals surface area (Å²) in [6, 6.07) is 20.5. The molecular formula is C32H33FN2O5S. The highest BCUT2D eigenvalue weighted by Crippen LogP contribution is 2.43. The number of halogens is 1. The highest BCUT2D eigenvalue weighted by molar-refractivity contribution is 8.15. The highest BCUT2D eigenvalue weighted by atomic mass is 32.2. The molecule has 1 N–H and O–H groups in total. The molecule has 1 atom stereocenters. The number of hydrogen-bond donors (Lipinski definition) is 1. The van der Waals surface area contributed by atoms with Crippen LogP contribution in [-0.2, 0) is 28.1 Å². The predicted molar refractivity (Wildman–Crippen MR) is 157 cm³/mol. The molecule has 2 amide bonds. The molecule has 1 aliphatic heterocycles. The number of fused-ring (bicyclic) bond motifs is 1. The SMILES string of the molecule is CCCc1c(OCCCOc2ccc(C3(F)SC(=O)NC3=O)cc2)ccc2c(CC(C)(C)c3ccccc3)noc12. The van der Waals surface area contributed by atoms with E-state index in [1.54, 1.807) is 12.1 Å². The average Bonchev–Trinajstić information content (AvgIpc) is 3.48. The van der Waals surface area contributed by atoms with Gasteiger partial charge >= 0.3 is 0 Å². The van der Waals surface area contributed by atoms with Crippen molar-refractivity contribution in [2.75, 3.05) is 13.2 Å². The first-order valence-corrected chi connectivity index (χ1v) is 14.6. The Morgan fingerprint density at radius 2 is 1.73 bits per heavy atom. The Kier molecular flexibility index (Phi) is 8.35. The van der Waals surface area contributed by atoms with E-state index >= 15 is 0 Å². The van der Waals surface area contributed by atoms with Crippen LogP contribution in [0.25, 0.3) is 11.0 Å². The van der Waals surface area contributed by atoms with Crippen LogP contribution in [-0.4, -0.2) is 29.5 Å². The van der Waals surface area contributed by atoms with Crippen molar-refractivity contribution in [3.63, 3.8) is 0 Å². The molecule has 0 aliphatic carbocycles. The third kappa shape index (κ3) is 6.10. The van der Waals surface area contributed by atoms with Gasteiger partial charge in [0.05, 0.1) is 18.9 Å². The topological polar surface area (TPSA) is 90.7 Å². The van der Waals surface area contributed by atoms with E-state index in [9.17, 15) is 14.0 Å². The minimum atomic E-state index is -2.41. The number of ether oxygens (including phenoxy) is 2. The number of thioether (sulfide) groups is 1. The van der Waals surface area contributed by atoms with Gasteiger partial charge in [0.25, 0.3) is 16.1 Å². The van der Waals surface area contributed by atoms with Crippen LogP contribution in [0.1, 0.15) is 56.0 Å². The molecule has 1 aliphatic rings. The Morgan fingerprint density at radius 3 is 2.41 bits per heavy atom. The molecule has 0 saturated carbocycles. The summed E-state index contributed by atoms with van der Waals surface area (Å²) in [5.41, 5.74) is 3.99. The van der Waals surface area contributed by atoms with E-state index in [0.29, 0.717) is 37.1 Å². The van der Waals surface area contributed by atoms with E-state index in [0.717, 1.165) is 47.2 Å². The molecule has 5 rings (SSSR count). The van der Waals surface area contributed by atoms with Crippen LogP contribution in [0.15, 0.2) is 71.3 Å². The summed E-state index contributed by atoms with van der Waals surface area (Å²) < 4.78 is 32.7. The molecule has 9 heteroatoms. The molecule has 214 valence electrons. The smallest absolute Gasteiger partial charge is 0.289 e. The summed E-state index contributed by atoms with van der Waals surface area (Å²) in [6.45, 7) is 7.39. The molecule has 1 unspecified atom stereocenters. The van der Waals surface area contributed by atoms with E-state index in [-0.39, 0.29) is 11.0 Å². The van der Waals surface area contributed by atoms with Crippen LogP contribution in [0.3, 0.4) is 0 Å². The van der Waals surface area contributed by atoms with Crippen LogP contribution >= 0.6 is 11.8 Å². The maximum atomic E-state index is 14.9. The Labute approximate surface area is 242 Å². The lowest BCUT2D eigenvalue weighted by Crippen LogP contribution is -2.30. The lowest BCUT2D eigenvalue weighted by molar-refractivity contribution is -0.126. The Morgan fingerprint density at radius 1 is 1.00 bits per heavy atom. The third-order valence-electron chi connectivity index (χ3n) is 7.22. The van der Waals surface area contributed by atoms with Gasteiger partial charge in [-0.3, -0.25) is 14.9 Å². The number of nitrogens with one attached hydrogen (secondary N) is 1. The number of carbonyl (C=O) groups is 2. The van der Waals surface area contributed by atoms with Crippen molar-refractivity contribution in [3.05, 3.63) is 89.1 Å². The second-order valence-electron chi connectivity index (χ2n) is 10.7. The molecule has 1 fully saturated rings. The summed E-state index contributed by atoms with van der Waals surface area (Å²) in [7, 11) is 0. The molecule has 0 spiro atoms. The molecule has 4 aromatic rings. The van der Waals surface area contributed by atoms with E-state index in [4.69, 9.17) is 14.0 Å². The van der Waals surface area contributed by atoms with Crippen molar-refractivity contribution in [1.29, 1.82) is 0 Å². The summed E-state index contributed by atoms with van der Waals surface area (Å²) in [5.74, 6) is 0.355. The summed E-state index contributed by atoms with van der Waals surface area (Å²) in [6.07, 6.45) is 3.13. The number of aryl methyl sites for hydroxylation is 1. The number of alkyl halides is 1. The molecule has 1 saturated heterocycles. The van der Waals surface area contributed by atoms with Gasteiger partial charge in [0.15, 0.2) is 5.58 Å². The zero-order valence-corrected chi connectivity index (χ0v) is 24.2. The van der Waals surface area contributed by atoms with Gasteiger partial charge in [-0.05, 0) is 53.4 Å². The van der Waals surface area contributed by atoms with Gasteiger partial charge in [-0.15, -0.1) is 0 Å². The lowest BCUT2D eigenvalue weighted by atomic mass is 9.80. The van der Waals surface area contributed by atoms with Crippen molar-refractivity contribution < 1.29 is 28.0 Å². The first-order chi connectivity index (χ1) is 19.7. The van der Waals surface area contributed by atoms with Gasteiger partial charge in [-0.25, -0.2) is 4.39 Å². The van der Waals surface area contributed by atoms with E-state index < -0.39 is 16.1 Å². The van der Waals surface area contributed by atoms with E-state index in [1.165, 1.54) is 17.7 Å². The summed E-state index contributed by atoms with van der Waals surface area (Å²) in [5, 5.41) is 4.34. The second kappa shape index (κ2) is 11.9. The number of rotatable bonds is 12. The first-order valence-electron chi connectivity index (χ1n) is 13.8. The Hall–Kier alpha value is -3.85. The number of benzene rings is 3. The van der Waals surface area contributed by atoms with Gasteiger partial charge in [0.2, 0.25) is 0 Å². The van der Waals surface area contributed by atoms with Gasteiger partial charge < -0.3 is 14.0 Å². The van der Waals surface area contributed by atoms with Crippen molar-refractivity contribution >= 4 is 33.9 Å². The van der Waals surface area contributed by atoms with E-state index in [2.05, 4.69) is 50.2 Å². The summed E-state index contributed by atoms with van der Waals surface area (Å²) in [4.78, 5) is 23.2. The fourth-order valence-electron chi connectivity index (χ4n) is 5.01. The Bertz CT molecular complexity index is 1540. The fraction of sp³-hybridized carbons (Fsp3) is 0.344. The normalized spacial score (nSPS) is 17.2. The van der Waals surface area contributed by atoms with Crippen molar-refractivity contribution in [1.82, 2.24) is 10.5 Å². The molecular weight excluding hydrogens is 543 g/mol. The highest BCUT2D eigenvalue weighted by Gasteiger charge is 2.50. The van der Waals surface area contributed by atoms with Crippen LogP contribution in [0.2, 0.25) is 0 Å². The van der Waals surface area contributed by atoms with Gasteiger partial charge in [-0.1, -0.05) is 74.8 Å². The third-order valence-corrected chi connectivity index (χ3v) is 8.21. The number of amides is 2. The number of imide groups is 1.